The van der Waals surface area contributed by atoms with Crippen LogP contribution in [0.4, 0.5) is 10.1 Å². The SMILES string of the molecule is Cc1cc(OC[C@@H]2CCCNC2)ccc1-c1nnc(Cc2ccc(Cl)c(Oc3cc(N)cc(Cl)c3)c2F)o1. The lowest BCUT2D eigenvalue weighted by molar-refractivity contribution is 0.218. The number of piperidine rings is 1. The second kappa shape index (κ2) is 11.6. The maximum Gasteiger partial charge on any atom is 0.248 e. The van der Waals surface area contributed by atoms with Crippen molar-refractivity contribution in [2.75, 3.05) is 25.4 Å². The van der Waals surface area contributed by atoms with E-state index < -0.39 is 5.82 Å². The third-order valence-electron chi connectivity index (χ3n) is 6.36. The van der Waals surface area contributed by atoms with Gasteiger partial charge in [-0.1, -0.05) is 29.3 Å². The van der Waals surface area contributed by atoms with Crippen LogP contribution in [0.25, 0.3) is 11.5 Å². The van der Waals surface area contributed by atoms with Crippen molar-refractivity contribution < 1.29 is 18.3 Å². The molecule has 38 heavy (non-hydrogen) atoms. The van der Waals surface area contributed by atoms with E-state index in [0.29, 0.717) is 29.1 Å². The highest BCUT2D eigenvalue weighted by molar-refractivity contribution is 6.32. The summed E-state index contributed by atoms with van der Waals surface area (Å²) in [6.07, 6.45) is 2.41. The van der Waals surface area contributed by atoms with Crippen LogP contribution >= 0.6 is 23.2 Å². The zero-order valence-corrected chi connectivity index (χ0v) is 22.3. The van der Waals surface area contributed by atoms with Crippen LogP contribution in [0.3, 0.4) is 0 Å². The van der Waals surface area contributed by atoms with Gasteiger partial charge in [-0.15, -0.1) is 10.2 Å². The summed E-state index contributed by atoms with van der Waals surface area (Å²) in [5.74, 6) is 1.41. The van der Waals surface area contributed by atoms with Crippen LogP contribution in [0, 0.1) is 18.7 Å². The standard InChI is InChI=1S/C28H27Cl2FN4O3/c1-16-9-21(36-15-17-3-2-8-33-14-17)5-6-23(16)28-35-34-25(38-28)10-18-4-7-24(30)27(26(18)31)37-22-12-19(29)11-20(32)13-22/h4-7,9,11-13,17,33H,2-3,8,10,14-15,32H2,1H3/t17-/m1/s1. The Balaban J connectivity index is 1.29. The summed E-state index contributed by atoms with van der Waals surface area (Å²) in [6.45, 7) is 4.70. The molecule has 0 unspecified atom stereocenters. The number of hydrogen-bond acceptors (Lipinski definition) is 7. The van der Waals surface area contributed by atoms with Crippen molar-refractivity contribution in [2.45, 2.75) is 26.2 Å². The molecule has 1 aliphatic heterocycles. The molecule has 0 saturated carbocycles. The fraction of sp³-hybridized carbons (Fsp3) is 0.286. The summed E-state index contributed by atoms with van der Waals surface area (Å²) in [6, 6.07) is 13.5. The second-order valence-electron chi connectivity index (χ2n) is 9.35. The summed E-state index contributed by atoms with van der Waals surface area (Å²) in [5, 5.41) is 12.2. The van der Waals surface area contributed by atoms with Gasteiger partial charge in [0.25, 0.3) is 0 Å². The van der Waals surface area contributed by atoms with Gasteiger partial charge in [0.2, 0.25) is 11.8 Å². The molecule has 0 aliphatic carbocycles. The van der Waals surface area contributed by atoms with Crippen LogP contribution in [0.5, 0.6) is 17.2 Å². The molecule has 5 rings (SSSR count). The molecule has 3 aromatic carbocycles. The molecule has 7 nitrogen and oxygen atoms in total. The van der Waals surface area contributed by atoms with Crippen LogP contribution in [-0.4, -0.2) is 29.9 Å². The van der Waals surface area contributed by atoms with Crippen LogP contribution < -0.4 is 20.5 Å². The highest BCUT2D eigenvalue weighted by Gasteiger charge is 2.19. The van der Waals surface area contributed by atoms with Gasteiger partial charge in [-0.05, 0) is 68.3 Å². The number of nitrogens with zero attached hydrogens (tertiary/aromatic N) is 2. The van der Waals surface area contributed by atoms with Crippen molar-refractivity contribution in [2.24, 2.45) is 5.92 Å². The number of aromatic nitrogens is 2. The van der Waals surface area contributed by atoms with E-state index in [2.05, 4.69) is 15.5 Å². The Morgan fingerprint density at radius 3 is 2.74 bits per heavy atom. The number of nitrogens with one attached hydrogen (secondary N) is 1. The van der Waals surface area contributed by atoms with E-state index in [4.69, 9.17) is 42.8 Å². The minimum atomic E-state index is -0.637. The van der Waals surface area contributed by atoms with E-state index in [1.54, 1.807) is 18.2 Å². The molecule has 0 spiro atoms. The van der Waals surface area contributed by atoms with Crippen molar-refractivity contribution in [1.29, 1.82) is 0 Å². The molecular formula is C28H27Cl2FN4O3. The first-order valence-corrected chi connectivity index (χ1v) is 13.1. The zero-order chi connectivity index (χ0) is 26.6. The summed E-state index contributed by atoms with van der Waals surface area (Å²) in [7, 11) is 0. The van der Waals surface area contributed by atoms with Crippen LogP contribution in [0.15, 0.2) is 52.9 Å². The Labute approximate surface area is 230 Å². The third-order valence-corrected chi connectivity index (χ3v) is 6.88. The molecule has 2 heterocycles. The van der Waals surface area contributed by atoms with E-state index in [-0.39, 0.29) is 34.4 Å². The van der Waals surface area contributed by atoms with Gasteiger partial charge < -0.3 is 24.9 Å². The predicted octanol–water partition coefficient (Wildman–Crippen LogP) is 6.83. The van der Waals surface area contributed by atoms with E-state index in [1.807, 2.05) is 25.1 Å². The lowest BCUT2D eigenvalue weighted by Gasteiger charge is -2.22. The Morgan fingerprint density at radius 2 is 1.97 bits per heavy atom. The number of rotatable bonds is 8. The molecule has 1 aliphatic rings. The number of aryl methyl sites for hydroxylation is 1. The first-order valence-electron chi connectivity index (χ1n) is 12.3. The summed E-state index contributed by atoms with van der Waals surface area (Å²) in [4.78, 5) is 0. The van der Waals surface area contributed by atoms with Crippen LogP contribution in [-0.2, 0) is 6.42 Å². The maximum atomic E-state index is 15.4. The summed E-state index contributed by atoms with van der Waals surface area (Å²) < 4.78 is 32.9. The zero-order valence-electron chi connectivity index (χ0n) is 20.8. The first-order chi connectivity index (χ1) is 18.4. The van der Waals surface area contributed by atoms with Crippen LogP contribution in [0.1, 0.15) is 29.9 Å². The number of nitrogens with two attached hydrogens (primary N) is 1. The fourth-order valence-electron chi connectivity index (χ4n) is 4.41. The van der Waals surface area contributed by atoms with Gasteiger partial charge in [-0.2, -0.15) is 0 Å². The normalized spacial score (nSPS) is 15.4. The molecule has 3 N–H and O–H groups in total. The Morgan fingerprint density at radius 1 is 1.11 bits per heavy atom. The van der Waals surface area contributed by atoms with E-state index in [1.165, 1.54) is 25.0 Å². The molecule has 198 valence electrons. The molecule has 0 radical (unpaired) electrons. The molecule has 1 atom stereocenters. The number of benzene rings is 3. The molecule has 1 fully saturated rings. The van der Waals surface area contributed by atoms with Gasteiger partial charge >= 0.3 is 0 Å². The van der Waals surface area contributed by atoms with Gasteiger partial charge in [0.05, 0.1) is 18.1 Å². The van der Waals surface area contributed by atoms with Gasteiger partial charge in [0.15, 0.2) is 11.6 Å². The van der Waals surface area contributed by atoms with Gasteiger partial charge in [-0.3, -0.25) is 0 Å². The van der Waals surface area contributed by atoms with Crippen molar-refractivity contribution >= 4 is 28.9 Å². The number of ether oxygens (including phenoxy) is 2. The van der Waals surface area contributed by atoms with E-state index in [9.17, 15) is 0 Å². The van der Waals surface area contributed by atoms with Crippen molar-refractivity contribution in [1.82, 2.24) is 15.5 Å². The third kappa shape index (κ3) is 6.20. The van der Waals surface area contributed by atoms with E-state index >= 15 is 4.39 Å². The molecule has 10 heteroatoms. The largest absolute Gasteiger partial charge is 0.493 e. The number of halogens is 3. The quantitative estimate of drug-likeness (QED) is 0.229. The average molecular weight is 557 g/mol. The lowest BCUT2D eigenvalue weighted by Crippen LogP contribution is -2.33. The molecule has 0 bridgehead atoms. The van der Waals surface area contributed by atoms with E-state index in [0.717, 1.165) is 30.0 Å². The lowest BCUT2D eigenvalue weighted by atomic mass is 10.0. The number of anilines is 1. The molecule has 4 aromatic rings. The monoisotopic (exact) mass is 556 g/mol. The van der Waals surface area contributed by atoms with Crippen molar-refractivity contribution in [3.8, 4) is 28.7 Å². The minimum Gasteiger partial charge on any atom is -0.493 e. The topological polar surface area (TPSA) is 95.4 Å². The molecule has 1 aromatic heterocycles. The minimum absolute atomic E-state index is 0.0553. The highest BCUT2D eigenvalue weighted by Crippen LogP contribution is 2.36. The van der Waals surface area contributed by atoms with Gasteiger partial charge in [-0.25, -0.2) is 4.39 Å². The van der Waals surface area contributed by atoms with Crippen LogP contribution in [0.2, 0.25) is 10.0 Å². The average Bonchev–Trinajstić information content (AvgIpc) is 3.35. The smallest absolute Gasteiger partial charge is 0.248 e. The second-order valence-corrected chi connectivity index (χ2v) is 10.2. The summed E-state index contributed by atoms with van der Waals surface area (Å²) >= 11 is 12.3. The number of nitrogen functional groups attached to an aromatic ring is 1. The number of hydrogen-bond donors (Lipinski definition) is 2. The molecule has 1 saturated heterocycles. The highest BCUT2D eigenvalue weighted by atomic mass is 35.5. The summed E-state index contributed by atoms with van der Waals surface area (Å²) in [5.41, 5.74) is 8.20. The van der Waals surface area contributed by atoms with Gasteiger partial charge in [0, 0.05) is 40.4 Å². The molecular weight excluding hydrogens is 530 g/mol. The Bertz CT molecular complexity index is 1420. The van der Waals surface area contributed by atoms with Crippen molar-refractivity contribution in [3.63, 3.8) is 0 Å². The van der Waals surface area contributed by atoms with Crippen molar-refractivity contribution in [3.05, 3.63) is 81.4 Å². The van der Waals surface area contributed by atoms with Gasteiger partial charge in [0.1, 0.15) is 11.5 Å². The predicted molar refractivity (Wildman–Crippen MR) is 146 cm³/mol. The Hall–Kier alpha value is -3.33. The maximum absolute atomic E-state index is 15.4. The first kappa shape index (κ1) is 26.3. The fourth-order valence-corrected chi connectivity index (χ4v) is 4.83. The molecule has 0 amide bonds. The Kier molecular flexibility index (Phi) is 8.02.